The summed E-state index contributed by atoms with van der Waals surface area (Å²) in [7, 11) is 0. The molecule has 0 radical (unpaired) electrons. The van der Waals surface area contributed by atoms with Gasteiger partial charge in [-0.3, -0.25) is 0 Å². The summed E-state index contributed by atoms with van der Waals surface area (Å²) in [5.74, 6) is -4.82. The van der Waals surface area contributed by atoms with Gasteiger partial charge >= 0.3 is 5.97 Å². The fourth-order valence-electron chi connectivity index (χ4n) is 1.67. The van der Waals surface area contributed by atoms with Gasteiger partial charge in [0.15, 0.2) is 10.6 Å². The van der Waals surface area contributed by atoms with E-state index in [0.717, 1.165) is 0 Å². The molecular weight excluding hydrogens is 300 g/mol. The number of hydrogen-bond acceptors (Lipinski definition) is 4. The highest BCUT2D eigenvalue weighted by Gasteiger charge is 2.36. The van der Waals surface area contributed by atoms with Crippen LogP contribution in [-0.4, -0.2) is 11.1 Å². The Kier molecular flexibility index (Phi) is 3.91. The van der Waals surface area contributed by atoms with E-state index in [1.807, 2.05) is 0 Å². The molecule has 0 saturated carbocycles. The van der Waals surface area contributed by atoms with E-state index >= 15 is 0 Å². The first-order chi connectivity index (χ1) is 9.84. The lowest BCUT2D eigenvalue weighted by Crippen LogP contribution is -2.06. The van der Waals surface area contributed by atoms with Gasteiger partial charge in [-0.05, 0) is 12.1 Å². The minimum absolute atomic E-state index is 0.264. The molecule has 21 heavy (non-hydrogen) atoms. The van der Waals surface area contributed by atoms with Crippen LogP contribution in [0.3, 0.4) is 0 Å². The van der Waals surface area contributed by atoms with Crippen molar-refractivity contribution in [3.63, 3.8) is 0 Å². The number of nitrogens with zero attached hydrogens (tertiary/aromatic N) is 1. The van der Waals surface area contributed by atoms with E-state index in [-0.39, 0.29) is 11.5 Å². The van der Waals surface area contributed by atoms with Gasteiger partial charge in [0.25, 0.3) is 5.92 Å². The molecule has 2 aromatic rings. The number of aromatic carboxylic acids is 1. The molecule has 1 aromatic carbocycles. The molecule has 0 atom stereocenters. The predicted molar refractivity (Wildman–Crippen MR) is 72.1 cm³/mol. The van der Waals surface area contributed by atoms with Crippen LogP contribution in [0.15, 0.2) is 30.3 Å². The van der Waals surface area contributed by atoms with Crippen molar-refractivity contribution in [3.05, 3.63) is 45.6 Å². The molecule has 0 amide bonds. The molecular formula is C14H9F2NO3S. The number of carboxylic acid groups (broad SMARTS) is 1. The maximum Gasteiger partial charge on any atom is 0.349 e. The summed E-state index contributed by atoms with van der Waals surface area (Å²) in [5, 5.41) is 18.2. The molecule has 0 saturated heterocycles. The lowest BCUT2D eigenvalue weighted by molar-refractivity contribution is 0.0211. The topological polar surface area (TPSA) is 70.3 Å². The third kappa shape index (κ3) is 3.01. The van der Waals surface area contributed by atoms with Crippen LogP contribution in [0, 0.1) is 11.3 Å². The van der Waals surface area contributed by atoms with Crippen molar-refractivity contribution in [1.82, 2.24) is 0 Å². The average molecular weight is 309 g/mol. The van der Waals surface area contributed by atoms with E-state index in [0.29, 0.717) is 18.3 Å². The minimum Gasteiger partial charge on any atom is -0.477 e. The zero-order valence-electron chi connectivity index (χ0n) is 10.8. The van der Waals surface area contributed by atoms with Gasteiger partial charge in [0, 0.05) is 6.92 Å². The van der Waals surface area contributed by atoms with Crippen molar-refractivity contribution in [2.45, 2.75) is 12.8 Å². The van der Waals surface area contributed by atoms with Crippen LogP contribution >= 0.6 is 11.3 Å². The molecule has 1 aromatic heterocycles. The molecule has 0 fully saturated rings. The lowest BCUT2D eigenvalue weighted by Gasteiger charge is -2.08. The number of carbonyl (C=O) groups is 1. The number of alkyl halides is 2. The predicted octanol–water partition coefficient (Wildman–Crippen LogP) is 4.22. The Labute approximate surface area is 122 Å². The van der Waals surface area contributed by atoms with Crippen LogP contribution in [-0.2, 0) is 5.92 Å². The first-order valence-electron chi connectivity index (χ1n) is 5.76. The Morgan fingerprint density at radius 3 is 2.48 bits per heavy atom. The Morgan fingerprint density at radius 2 is 2.00 bits per heavy atom. The molecule has 0 spiro atoms. The van der Waals surface area contributed by atoms with Gasteiger partial charge in [0.2, 0.25) is 0 Å². The normalized spacial score (nSPS) is 11.0. The number of nitriles is 1. The highest BCUT2D eigenvalue weighted by molar-refractivity contribution is 7.14. The van der Waals surface area contributed by atoms with Gasteiger partial charge in [0.1, 0.15) is 17.4 Å². The van der Waals surface area contributed by atoms with Gasteiger partial charge in [-0.1, -0.05) is 18.2 Å². The van der Waals surface area contributed by atoms with E-state index in [4.69, 9.17) is 15.1 Å². The largest absolute Gasteiger partial charge is 0.477 e. The van der Waals surface area contributed by atoms with Crippen LogP contribution < -0.4 is 4.74 Å². The lowest BCUT2D eigenvalue weighted by atomic mass is 10.1. The molecule has 7 heteroatoms. The zero-order chi connectivity index (χ0) is 15.6. The molecule has 0 unspecified atom stereocenters. The van der Waals surface area contributed by atoms with Crippen LogP contribution in [0.4, 0.5) is 8.78 Å². The number of ether oxygens (including phenoxy) is 1. The highest BCUT2D eigenvalue weighted by atomic mass is 32.1. The molecule has 0 aliphatic rings. The van der Waals surface area contributed by atoms with E-state index in [9.17, 15) is 13.6 Å². The van der Waals surface area contributed by atoms with Crippen molar-refractivity contribution in [3.8, 4) is 17.6 Å². The third-order valence-corrected chi connectivity index (χ3v) is 3.86. The maximum atomic E-state index is 13.5. The van der Waals surface area contributed by atoms with Crippen molar-refractivity contribution in [1.29, 1.82) is 5.26 Å². The maximum absolute atomic E-state index is 13.5. The summed E-state index contributed by atoms with van der Waals surface area (Å²) in [6.45, 7) is 0.609. The van der Waals surface area contributed by atoms with Crippen LogP contribution in [0.1, 0.15) is 27.0 Å². The molecule has 2 rings (SSSR count). The van der Waals surface area contributed by atoms with Gasteiger partial charge in [0.05, 0.1) is 4.88 Å². The summed E-state index contributed by atoms with van der Waals surface area (Å²) < 4.78 is 32.4. The Hall–Kier alpha value is -2.46. The van der Waals surface area contributed by atoms with Crippen molar-refractivity contribution >= 4 is 17.3 Å². The molecule has 0 aliphatic carbocycles. The summed E-state index contributed by atoms with van der Waals surface area (Å²) in [6, 6.07) is 9.68. The molecule has 1 heterocycles. The standard InChI is InChI=1S/C14H9F2NO3S/c1-14(15,16)12-9(7-17)10(11(21-12)13(18)19)20-8-5-3-2-4-6-8/h2-6H,1H3,(H,18,19). The second-order valence-electron chi connectivity index (χ2n) is 4.18. The average Bonchev–Trinajstić information content (AvgIpc) is 2.78. The van der Waals surface area contributed by atoms with Gasteiger partial charge in [-0.15, -0.1) is 11.3 Å². The SMILES string of the molecule is CC(F)(F)c1sc(C(=O)O)c(Oc2ccccc2)c1C#N. The fraction of sp³-hybridized carbons (Fsp3) is 0.143. The second-order valence-corrected chi connectivity index (χ2v) is 5.21. The quantitative estimate of drug-likeness (QED) is 0.918. The molecule has 1 N–H and O–H groups in total. The van der Waals surface area contributed by atoms with E-state index in [2.05, 4.69) is 0 Å². The zero-order valence-corrected chi connectivity index (χ0v) is 11.6. The number of thiophene rings is 1. The van der Waals surface area contributed by atoms with Gasteiger partial charge < -0.3 is 9.84 Å². The van der Waals surface area contributed by atoms with Gasteiger partial charge in [-0.2, -0.15) is 5.26 Å². The number of para-hydroxylation sites is 1. The van der Waals surface area contributed by atoms with Crippen molar-refractivity contribution in [2.75, 3.05) is 0 Å². The fourth-order valence-corrected chi connectivity index (χ4v) is 2.62. The monoisotopic (exact) mass is 309 g/mol. The number of hydrogen-bond donors (Lipinski definition) is 1. The molecule has 0 aliphatic heterocycles. The highest BCUT2D eigenvalue weighted by Crippen LogP contribution is 2.44. The minimum atomic E-state index is -3.32. The summed E-state index contributed by atoms with van der Waals surface area (Å²) >= 11 is 0.348. The Morgan fingerprint density at radius 1 is 1.38 bits per heavy atom. The number of carboxylic acids is 1. The Balaban J connectivity index is 2.60. The second kappa shape index (κ2) is 5.50. The van der Waals surface area contributed by atoms with Crippen molar-refractivity contribution < 1.29 is 23.4 Å². The molecule has 0 bridgehead atoms. The summed E-state index contributed by atoms with van der Waals surface area (Å²) in [4.78, 5) is 10.2. The number of rotatable bonds is 4. The molecule has 108 valence electrons. The summed E-state index contributed by atoms with van der Waals surface area (Å²) in [5.41, 5.74) is -0.450. The van der Waals surface area contributed by atoms with Crippen molar-refractivity contribution in [2.24, 2.45) is 0 Å². The van der Waals surface area contributed by atoms with Crippen LogP contribution in [0.2, 0.25) is 0 Å². The first-order valence-corrected chi connectivity index (χ1v) is 6.57. The van der Waals surface area contributed by atoms with Gasteiger partial charge in [-0.25, -0.2) is 13.6 Å². The molecule has 4 nitrogen and oxygen atoms in total. The van der Waals surface area contributed by atoms with Crippen LogP contribution in [0.25, 0.3) is 0 Å². The summed E-state index contributed by atoms with van der Waals surface area (Å²) in [6.07, 6.45) is 0. The third-order valence-electron chi connectivity index (χ3n) is 2.53. The Bertz CT molecular complexity index is 714. The smallest absolute Gasteiger partial charge is 0.349 e. The number of benzene rings is 1. The number of halogens is 2. The van der Waals surface area contributed by atoms with E-state index < -0.39 is 27.2 Å². The van der Waals surface area contributed by atoms with Crippen LogP contribution in [0.5, 0.6) is 11.5 Å². The van der Waals surface area contributed by atoms with E-state index in [1.165, 1.54) is 12.1 Å². The first kappa shape index (κ1) is 14.9. The van der Waals surface area contributed by atoms with E-state index in [1.54, 1.807) is 24.3 Å².